The topological polar surface area (TPSA) is 59.3 Å². The van der Waals surface area contributed by atoms with Crippen LogP contribution in [0.3, 0.4) is 0 Å². The molecule has 3 rings (SSSR count). The highest BCUT2D eigenvalue weighted by atomic mass is 19.1. The number of Topliss-reactive ketones (excluding diaryl/α,β-unsaturated/α-hetero) is 1. The van der Waals surface area contributed by atoms with Gasteiger partial charge >= 0.3 is 0 Å². The summed E-state index contributed by atoms with van der Waals surface area (Å²) in [6, 6.07) is 7.72. The van der Waals surface area contributed by atoms with E-state index in [2.05, 4.69) is 5.32 Å². The predicted molar refractivity (Wildman–Crippen MR) is 73.5 cm³/mol. The van der Waals surface area contributed by atoms with Gasteiger partial charge in [0.2, 0.25) is 0 Å². The van der Waals surface area contributed by atoms with Crippen LogP contribution in [0.1, 0.15) is 45.1 Å². The summed E-state index contributed by atoms with van der Waals surface area (Å²) in [7, 11) is 0. The molecule has 0 saturated carbocycles. The van der Waals surface area contributed by atoms with Crippen molar-refractivity contribution < 1.29 is 18.4 Å². The smallest absolute Gasteiger partial charge is 0.287 e. The molecule has 0 fully saturated rings. The molecule has 1 aliphatic rings. The van der Waals surface area contributed by atoms with E-state index in [1.54, 1.807) is 18.2 Å². The Balaban J connectivity index is 1.72. The van der Waals surface area contributed by atoms with E-state index in [4.69, 9.17) is 4.42 Å². The van der Waals surface area contributed by atoms with Gasteiger partial charge in [-0.15, -0.1) is 0 Å². The summed E-state index contributed by atoms with van der Waals surface area (Å²) in [5.74, 6) is -0.130. The van der Waals surface area contributed by atoms with Gasteiger partial charge < -0.3 is 9.73 Å². The molecule has 5 heteroatoms. The zero-order chi connectivity index (χ0) is 14.8. The number of rotatable bonds is 3. The molecular weight excluding hydrogens is 273 g/mol. The van der Waals surface area contributed by atoms with Gasteiger partial charge in [-0.1, -0.05) is 18.2 Å². The highest BCUT2D eigenvalue weighted by Gasteiger charge is 2.24. The maximum atomic E-state index is 13.5. The minimum atomic E-state index is -0.444. The molecule has 0 aliphatic heterocycles. The van der Waals surface area contributed by atoms with Gasteiger partial charge in [0.25, 0.3) is 5.91 Å². The van der Waals surface area contributed by atoms with E-state index in [9.17, 15) is 14.0 Å². The minimum absolute atomic E-state index is 0.00755. The van der Waals surface area contributed by atoms with Crippen LogP contribution in [0.25, 0.3) is 0 Å². The number of benzene rings is 1. The van der Waals surface area contributed by atoms with Crippen molar-refractivity contribution in [1.29, 1.82) is 0 Å². The van der Waals surface area contributed by atoms with E-state index < -0.39 is 5.91 Å². The first-order valence-corrected chi connectivity index (χ1v) is 6.82. The van der Waals surface area contributed by atoms with Crippen molar-refractivity contribution in [2.24, 2.45) is 0 Å². The molecular formula is C16H14FNO3. The quantitative estimate of drug-likeness (QED) is 0.944. The lowest BCUT2D eigenvalue weighted by molar-refractivity contribution is 0.0917. The summed E-state index contributed by atoms with van der Waals surface area (Å²) in [6.45, 7) is 0.0742. The molecule has 0 radical (unpaired) electrons. The van der Waals surface area contributed by atoms with Crippen molar-refractivity contribution in [3.05, 3.63) is 58.8 Å². The average Bonchev–Trinajstić information content (AvgIpc) is 2.92. The SMILES string of the molecule is O=C(NCc1ccccc1F)c1cc2c(o1)CCCC2=O. The highest BCUT2D eigenvalue weighted by molar-refractivity contribution is 6.01. The summed E-state index contributed by atoms with van der Waals surface area (Å²) in [5, 5.41) is 2.60. The Hall–Kier alpha value is -2.43. The van der Waals surface area contributed by atoms with E-state index in [-0.39, 0.29) is 23.9 Å². The number of hydrogen-bond acceptors (Lipinski definition) is 3. The summed E-state index contributed by atoms with van der Waals surface area (Å²) in [5.41, 5.74) is 0.899. The number of halogens is 1. The first-order chi connectivity index (χ1) is 10.1. The second-order valence-corrected chi connectivity index (χ2v) is 5.00. The fourth-order valence-corrected chi connectivity index (χ4v) is 2.41. The average molecular weight is 287 g/mol. The molecule has 4 nitrogen and oxygen atoms in total. The molecule has 0 spiro atoms. The Labute approximate surface area is 121 Å². The van der Waals surface area contributed by atoms with Crippen LogP contribution in [-0.4, -0.2) is 11.7 Å². The first-order valence-electron chi connectivity index (χ1n) is 6.82. The Kier molecular flexibility index (Phi) is 3.56. The molecule has 1 N–H and O–H groups in total. The van der Waals surface area contributed by atoms with Gasteiger partial charge in [-0.2, -0.15) is 0 Å². The zero-order valence-corrected chi connectivity index (χ0v) is 11.3. The Morgan fingerprint density at radius 3 is 2.86 bits per heavy atom. The van der Waals surface area contributed by atoms with Crippen LogP contribution in [0, 0.1) is 5.82 Å². The fourth-order valence-electron chi connectivity index (χ4n) is 2.41. The number of nitrogens with one attached hydrogen (secondary N) is 1. The fraction of sp³-hybridized carbons (Fsp3) is 0.250. The first kappa shape index (κ1) is 13.5. The molecule has 108 valence electrons. The van der Waals surface area contributed by atoms with E-state index in [1.165, 1.54) is 12.1 Å². The lowest BCUT2D eigenvalue weighted by Gasteiger charge is -2.06. The number of amides is 1. The molecule has 0 unspecified atom stereocenters. The molecule has 0 saturated heterocycles. The molecule has 1 aromatic heterocycles. The number of carbonyl (C=O) groups excluding carboxylic acids is 2. The molecule has 1 heterocycles. The van der Waals surface area contributed by atoms with E-state index in [1.807, 2.05) is 0 Å². The van der Waals surface area contributed by atoms with Gasteiger partial charge in [0, 0.05) is 31.0 Å². The van der Waals surface area contributed by atoms with Crippen LogP contribution in [0.4, 0.5) is 4.39 Å². The van der Waals surface area contributed by atoms with Crippen molar-refractivity contribution in [1.82, 2.24) is 5.32 Å². The third-order valence-corrected chi connectivity index (χ3v) is 3.54. The Bertz CT molecular complexity index is 705. The van der Waals surface area contributed by atoms with E-state index in [0.717, 1.165) is 6.42 Å². The monoisotopic (exact) mass is 287 g/mol. The maximum Gasteiger partial charge on any atom is 0.287 e. The van der Waals surface area contributed by atoms with Gasteiger partial charge in [-0.25, -0.2) is 4.39 Å². The second kappa shape index (κ2) is 5.52. The summed E-state index contributed by atoms with van der Waals surface area (Å²) >= 11 is 0. The zero-order valence-electron chi connectivity index (χ0n) is 11.3. The normalized spacial score (nSPS) is 13.9. The number of fused-ring (bicyclic) bond motifs is 1. The van der Waals surface area contributed by atoms with Gasteiger partial charge in [0.1, 0.15) is 11.6 Å². The van der Waals surface area contributed by atoms with Crippen LogP contribution in [0.15, 0.2) is 34.7 Å². The summed E-state index contributed by atoms with van der Waals surface area (Å²) in [6.07, 6.45) is 1.90. The van der Waals surface area contributed by atoms with E-state index in [0.29, 0.717) is 29.7 Å². The van der Waals surface area contributed by atoms with Crippen molar-refractivity contribution in [2.45, 2.75) is 25.8 Å². The molecule has 2 aromatic rings. The second-order valence-electron chi connectivity index (χ2n) is 5.00. The molecule has 0 atom stereocenters. The lowest BCUT2D eigenvalue weighted by atomic mass is 9.97. The van der Waals surface area contributed by atoms with Crippen LogP contribution >= 0.6 is 0 Å². The number of hydrogen-bond donors (Lipinski definition) is 1. The van der Waals surface area contributed by atoms with Crippen LogP contribution in [-0.2, 0) is 13.0 Å². The lowest BCUT2D eigenvalue weighted by Crippen LogP contribution is -2.22. The predicted octanol–water partition coefficient (Wildman–Crippen LogP) is 2.87. The standard InChI is InChI=1S/C16H14FNO3/c17-12-5-2-1-4-10(12)9-18-16(20)15-8-11-13(19)6-3-7-14(11)21-15/h1-2,4-5,8H,3,6-7,9H2,(H,18,20). The van der Waals surface area contributed by atoms with Gasteiger partial charge in [-0.05, 0) is 12.5 Å². The largest absolute Gasteiger partial charge is 0.455 e. The summed E-state index contributed by atoms with van der Waals surface area (Å²) in [4.78, 5) is 23.7. The number of ketones is 1. The van der Waals surface area contributed by atoms with Crippen LogP contribution in [0.2, 0.25) is 0 Å². The van der Waals surface area contributed by atoms with Crippen LogP contribution < -0.4 is 5.32 Å². The minimum Gasteiger partial charge on any atom is -0.455 e. The van der Waals surface area contributed by atoms with Crippen molar-refractivity contribution in [3.8, 4) is 0 Å². The van der Waals surface area contributed by atoms with Crippen molar-refractivity contribution in [3.63, 3.8) is 0 Å². The third-order valence-electron chi connectivity index (χ3n) is 3.54. The van der Waals surface area contributed by atoms with Gasteiger partial charge in [0.05, 0.1) is 5.56 Å². The number of aryl methyl sites for hydroxylation is 1. The molecule has 0 bridgehead atoms. The molecule has 1 aliphatic carbocycles. The number of carbonyl (C=O) groups is 2. The van der Waals surface area contributed by atoms with Gasteiger partial charge in [-0.3, -0.25) is 9.59 Å². The van der Waals surface area contributed by atoms with Crippen LogP contribution in [0.5, 0.6) is 0 Å². The highest BCUT2D eigenvalue weighted by Crippen LogP contribution is 2.24. The Morgan fingerprint density at radius 1 is 1.29 bits per heavy atom. The summed E-state index contributed by atoms with van der Waals surface area (Å²) < 4.78 is 18.9. The number of furan rings is 1. The molecule has 1 aromatic carbocycles. The maximum absolute atomic E-state index is 13.5. The van der Waals surface area contributed by atoms with Crippen molar-refractivity contribution >= 4 is 11.7 Å². The molecule has 21 heavy (non-hydrogen) atoms. The molecule has 1 amide bonds. The van der Waals surface area contributed by atoms with Gasteiger partial charge in [0.15, 0.2) is 11.5 Å². The van der Waals surface area contributed by atoms with E-state index >= 15 is 0 Å². The Morgan fingerprint density at radius 2 is 2.10 bits per heavy atom. The third kappa shape index (κ3) is 2.72. The van der Waals surface area contributed by atoms with Crippen molar-refractivity contribution in [2.75, 3.05) is 0 Å².